The topological polar surface area (TPSA) is 18.5 Å². The molecular weight excluding hydrogens is 280 g/mol. The fourth-order valence-electron chi connectivity index (χ4n) is 1.42. The molecule has 0 saturated heterocycles. The molecule has 3 heteroatoms. The van der Waals surface area contributed by atoms with Crippen molar-refractivity contribution >= 4 is 15.9 Å². The van der Waals surface area contributed by atoms with E-state index >= 15 is 0 Å². The highest BCUT2D eigenvalue weighted by Crippen LogP contribution is 2.27. The number of rotatable bonds is 8. The quantitative estimate of drug-likeness (QED) is 0.518. The maximum Gasteiger partial charge on any atom is 0.127 e. The Morgan fingerprint density at radius 3 is 2.53 bits per heavy atom. The van der Waals surface area contributed by atoms with Gasteiger partial charge in [0.1, 0.15) is 11.5 Å². The van der Waals surface area contributed by atoms with Crippen LogP contribution in [0.15, 0.2) is 18.2 Å². The van der Waals surface area contributed by atoms with E-state index in [-0.39, 0.29) is 0 Å². The van der Waals surface area contributed by atoms with Gasteiger partial charge in [-0.2, -0.15) is 0 Å². The molecule has 0 atom stereocenters. The fraction of sp³-hybridized carbons (Fsp3) is 0.571. The van der Waals surface area contributed by atoms with E-state index in [2.05, 4.69) is 35.8 Å². The summed E-state index contributed by atoms with van der Waals surface area (Å²) in [5.74, 6) is 1.83. The lowest BCUT2D eigenvalue weighted by atomic mass is 10.2. The van der Waals surface area contributed by atoms with Gasteiger partial charge in [-0.1, -0.05) is 42.3 Å². The summed E-state index contributed by atoms with van der Waals surface area (Å²) in [5, 5.41) is 0.808. The number of benzene rings is 1. The molecule has 96 valence electrons. The Balaban J connectivity index is 2.68. The number of hydrogen-bond acceptors (Lipinski definition) is 2. The zero-order chi connectivity index (χ0) is 12.5. The molecule has 17 heavy (non-hydrogen) atoms. The van der Waals surface area contributed by atoms with Gasteiger partial charge in [-0.3, -0.25) is 0 Å². The molecule has 0 N–H and O–H groups in total. The first kappa shape index (κ1) is 14.4. The van der Waals surface area contributed by atoms with E-state index in [9.17, 15) is 0 Å². The average Bonchev–Trinajstić information content (AvgIpc) is 2.37. The van der Waals surface area contributed by atoms with Gasteiger partial charge in [0.05, 0.1) is 13.2 Å². The lowest BCUT2D eigenvalue weighted by Crippen LogP contribution is -2.01. The van der Waals surface area contributed by atoms with Gasteiger partial charge in [-0.25, -0.2) is 0 Å². The van der Waals surface area contributed by atoms with Crippen LogP contribution in [-0.2, 0) is 5.33 Å². The van der Waals surface area contributed by atoms with E-state index in [0.29, 0.717) is 0 Å². The second-order valence-corrected chi connectivity index (χ2v) is 4.51. The SMILES string of the molecule is CCCCOc1cc(OCCC)ccc1CBr. The van der Waals surface area contributed by atoms with E-state index in [1.807, 2.05) is 12.1 Å². The van der Waals surface area contributed by atoms with E-state index in [4.69, 9.17) is 9.47 Å². The molecule has 0 aliphatic carbocycles. The Kier molecular flexibility index (Phi) is 7.10. The standard InChI is InChI=1S/C14H21BrO2/c1-3-5-9-17-14-10-13(16-8-4-2)7-6-12(14)11-15/h6-7,10H,3-5,8-9,11H2,1-2H3. The van der Waals surface area contributed by atoms with E-state index in [1.54, 1.807) is 0 Å². The van der Waals surface area contributed by atoms with Crippen molar-refractivity contribution in [1.29, 1.82) is 0 Å². The van der Waals surface area contributed by atoms with Gasteiger partial charge in [0, 0.05) is 17.0 Å². The Labute approximate surface area is 112 Å². The van der Waals surface area contributed by atoms with Crippen LogP contribution in [0, 0.1) is 0 Å². The molecule has 0 aromatic heterocycles. The summed E-state index contributed by atoms with van der Waals surface area (Å²) in [6, 6.07) is 6.04. The lowest BCUT2D eigenvalue weighted by Gasteiger charge is -2.12. The first-order chi connectivity index (χ1) is 8.31. The molecule has 0 saturated carbocycles. The van der Waals surface area contributed by atoms with Gasteiger partial charge >= 0.3 is 0 Å². The normalized spacial score (nSPS) is 10.3. The van der Waals surface area contributed by atoms with Crippen LogP contribution in [0.25, 0.3) is 0 Å². The summed E-state index contributed by atoms with van der Waals surface area (Å²) < 4.78 is 11.4. The molecule has 0 radical (unpaired) electrons. The molecule has 0 bridgehead atoms. The number of ether oxygens (including phenoxy) is 2. The molecule has 2 nitrogen and oxygen atoms in total. The Morgan fingerprint density at radius 2 is 1.88 bits per heavy atom. The number of hydrogen-bond donors (Lipinski definition) is 0. The van der Waals surface area contributed by atoms with Crippen LogP contribution in [-0.4, -0.2) is 13.2 Å². The molecule has 1 aromatic rings. The maximum atomic E-state index is 5.78. The van der Waals surface area contributed by atoms with Crippen LogP contribution in [0.1, 0.15) is 38.7 Å². The Hall–Kier alpha value is -0.700. The first-order valence-corrected chi connectivity index (χ1v) is 7.38. The third kappa shape index (κ3) is 4.99. The van der Waals surface area contributed by atoms with Crippen molar-refractivity contribution in [3.63, 3.8) is 0 Å². The highest BCUT2D eigenvalue weighted by molar-refractivity contribution is 9.08. The second-order valence-electron chi connectivity index (χ2n) is 3.95. The van der Waals surface area contributed by atoms with Gasteiger partial charge in [-0.15, -0.1) is 0 Å². The monoisotopic (exact) mass is 300 g/mol. The molecule has 0 fully saturated rings. The van der Waals surface area contributed by atoms with Gasteiger partial charge in [-0.05, 0) is 18.9 Å². The number of unbranched alkanes of at least 4 members (excludes halogenated alkanes) is 1. The third-order valence-electron chi connectivity index (χ3n) is 2.41. The molecule has 0 aliphatic rings. The minimum absolute atomic E-state index is 0.752. The van der Waals surface area contributed by atoms with E-state index in [1.165, 1.54) is 5.56 Å². The number of alkyl halides is 1. The van der Waals surface area contributed by atoms with E-state index < -0.39 is 0 Å². The van der Waals surface area contributed by atoms with Crippen LogP contribution in [0.5, 0.6) is 11.5 Å². The largest absolute Gasteiger partial charge is 0.493 e. The summed E-state index contributed by atoms with van der Waals surface area (Å²) in [5.41, 5.74) is 1.17. The molecular formula is C14H21BrO2. The first-order valence-electron chi connectivity index (χ1n) is 6.26. The van der Waals surface area contributed by atoms with Gasteiger partial charge in [0.15, 0.2) is 0 Å². The summed E-state index contributed by atoms with van der Waals surface area (Å²) >= 11 is 3.47. The average molecular weight is 301 g/mol. The van der Waals surface area contributed by atoms with E-state index in [0.717, 1.165) is 49.3 Å². The van der Waals surface area contributed by atoms with Crippen LogP contribution < -0.4 is 9.47 Å². The summed E-state index contributed by atoms with van der Waals surface area (Å²) in [6.07, 6.45) is 3.25. The zero-order valence-corrected chi connectivity index (χ0v) is 12.3. The fourth-order valence-corrected chi connectivity index (χ4v) is 1.88. The Morgan fingerprint density at radius 1 is 1.06 bits per heavy atom. The van der Waals surface area contributed by atoms with Crippen molar-refractivity contribution in [3.05, 3.63) is 23.8 Å². The van der Waals surface area contributed by atoms with Crippen molar-refractivity contribution in [1.82, 2.24) is 0 Å². The maximum absolute atomic E-state index is 5.78. The molecule has 0 aliphatic heterocycles. The molecule has 1 aromatic carbocycles. The summed E-state index contributed by atoms with van der Waals surface area (Å²) in [7, 11) is 0. The minimum Gasteiger partial charge on any atom is -0.493 e. The molecule has 0 heterocycles. The van der Waals surface area contributed by atoms with Crippen LogP contribution in [0.4, 0.5) is 0 Å². The van der Waals surface area contributed by atoms with Crippen LogP contribution in [0.3, 0.4) is 0 Å². The van der Waals surface area contributed by atoms with Crippen molar-refractivity contribution in [3.8, 4) is 11.5 Å². The van der Waals surface area contributed by atoms with Crippen molar-refractivity contribution in [2.45, 2.75) is 38.4 Å². The molecule has 0 unspecified atom stereocenters. The third-order valence-corrected chi connectivity index (χ3v) is 3.02. The predicted molar refractivity (Wildman–Crippen MR) is 75.3 cm³/mol. The summed E-state index contributed by atoms with van der Waals surface area (Å²) in [6.45, 7) is 5.79. The van der Waals surface area contributed by atoms with Gasteiger partial charge in [0.25, 0.3) is 0 Å². The number of halogens is 1. The zero-order valence-electron chi connectivity index (χ0n) is 10.7. The molecule has 0 spiro atoms. The molecule has 0 amide bonds. The summed E-state index contributed by atoms with van der Waals surface area (Å²) in [4.78, 5) is 0. The Bertz CT molecular complexity index is 326. The van der Waals surface area contributed by atoms with Crippen molar-refractivity contribution < 1.29 is 9.47 Å². The van der Waals surface area contributed by atoms with Crippen LogP contribution >= 0.6 is 15.9 Å². The second kappa shape index (κ2) is 8.40. The smallest absolute Gasteiger partial charge is 0.127 e. The minimum atomic E-state index is 0.752. The predicted octanol–water partition coefficient (Wildman–Crippen LogP) is 4.55. The highest BCUT2D eigenvalue weighted by atomic mass is 79.9. The van der Waals surface area contributed by atoms with Crippen LogP contribution in [0.2, 0.25) is 0 Å². The van der Waals surface area contributed by atoms with Gasteiger partial charge < -0.3 is 9.47 Å². The lowest BCUT2D eigenvalue weighted by molar-refractivity contribution is 0.296. The van der Waals surface area contributed by atoms with Gasteiger partial charge in [0.2, 0.25) is 0 Å². The van der Waals surface area contributed by atoms with Crippen molar-refractivity contribution in [2.75, 3.05) is 13.2 Å². The molecule has 1 rings (SSSR count). The highest BCUT2D eigenvalue weighted by Gasteiger charge is 2.05. The van der Waals surface area contributed by atoms with Crippen molar-refractivity contribution in [2.24, 2.45) is 0 Å².